The van der Waals surface area contributed by atoms with Gasteiger partial charge in [0.05, 0.1) is 13.2 Å². The van der Waals surface area contributed by atoms with Crippen molar-refractivity contribution in [2.45, 2.75) is 6.04 Å². The van der Waals surface area contributed by atoms with Crippen molar-refractivity contribution in [3.8, 4) is 5.75 Å². The molecule has 1 heterocycles. The number of hydrogen-bond acceptors (Lipinski definition) is 5. The molecule has 0 saturated carbocycles. The molecule has 0 N–H and O–H groups in total. The number of likely N-dealkylation sites (tertiary alicyclic amines) is 1. The number of rotatable bonds is 7. The molecule has 152 valence electrons. The number of methoxy groups -OCH3 is 1. The lowest BCUT2D eigenvalue weighted by Gasteiger charge is -2.28. The highest BCUT2D eigenvalue weighted by Gasteiger charge is 2.51. The number of Topliss-reactive ketones (excluding diaryl/α,β-unsaturated/α-hetero) is 2. The summed E-state index contributed by atoms with van der Waals surface area (Å²) in [7, 11) is 5.34. The van der Waals surface area contributed by atoms with Crippen molar-refractivity contribution < 1.29 is 19.1 Å². The van der Waals surface area contributed by atoms with Crippen LogP contribution < -0.4 is 4.74 Å². The second-order valence-corrected chi connectivity index (χ2v) is 7.67. The molecule has 2 aromatic carbocycles. The van der Waals surface area contributed by atoms with E-state index in [2.05, 4.69) is 0 Å². The van der Waals surface area contributed by atoms with Crippen molar-refractivity contribution in [3.63, 3.8) is 0 Å². The molecule has 0 radical (unpaired) electrons. The van der Waals surface area contributed by atoms with Gasteiger partial charge in [0.1, 0.15) is 11.7 Å². The summed E-state index contributed by atoms with van der Waals surface area (Å²) in [6.45, 7) is 0.923. The zero-order valence-electron chi connectivity index (χ0n) is 16.6. The first-order valence-corrected chi connectivity index (χ1v) is 9.64. The number of amides is 1. The first-order chi connectivity index (χ1) is 13.8. The second kappa shape index (κ2) is 8.76. The van der Waals surface area contributed by atoms with Crippen molar-refractivity contribution in [3.05, 3.63) is 64.7 Å². The Hall–Kier alpha value is -2.70. The highest BCUT2D eigenvalue weighted by molar-refractivity contribution is 6.44. The fourth-order valence-electron chi connectivity index (χ4n) is 3.50. The van der Waals surface area contributed by atoms with Gasteiger partial charge in [-0.25, -0.2) is 0 Å². The second-order valence-electron chi connectivity index (χ2n) is 7.23. The maximum Gasteiger partial charge on any atom is 0.291 e. The van der Waals surface area contributed by atoms with Crippen LogP contribution in [-0.4, -0.2) is 61.6 Å². The Balaban J connectivity index is 2.02. The molecule has 1 aliphatic heterocycles. The van der Waals surface area contributed by atoms with Crippen LogP contribution in [0.15, 0.2) is 48.5 Å². The van der Waals surface area contributed by atoms with E-state index in [0.717, 1.165) is 5.56 Å². The van der Waals surface area contributed by atoms with Crippen LogP contribution in [0.2, 0.25) is 5.02 Å². The molecule has 2 aromatic rings. The fraction of sp³-hybridized carbons (Fsp3) is 0.318. The molecule has 1 saturated heterocycles. The van der Waals surface area contributed by atoms with E-state index in [1.807, 2.05) is 19.0 Å². The predicted octanol–water partition coefficient (Wildman–Crippen LogP) is 2.86. The minimum Gasteiger partial charge on any atom is -0.497 e. The maximum absolute atomic E-state index is 13.2. The molecule has 0 bridgehead atoms. The summed E-state index contributed by atoms with van der Waals surface area (Å²) in [6.07, 6.45) is 0. The summed E-state index contributed by atoms with van der Waals surface area (Å²) in [5.74, 6) is -2.12. The van der Waals surface area contributed by atoms with Crippen molar-refractivity contribution in [2.24, 2.45) is 5.92 Å². The molecule has 7 heteroatoms. The van der Waals surface area contributed by atoms with E-state index in [1.165, 1.54) is 4.90 Å². The van der Waals surface area contributed by atoms with E-state index >= 15 is 0 Å². The first kappa shape index (κ1) is 21.0. The average molecular weight is 415 g/mol. The minimum atomic E-state index is -1.10. The zero-order valence-corrected chi connectivity index (χ0v) is 17.3. The van der Waals surface area contributed by atoms with Crippen LogP contribution in [0.1, 0.15) is 22.0 Å². The number of likely N-dealkylation sites (N-methyl/N-ethyl adjacent to an activating group) is 1. The third-order valence-electron chi connectivity index (χ3n) is 5.06. The summed E-state index contributed by atoms with van der Waals surface area (Å²) in [5, 5.41) is 0.495. The lowest BCUT2D eigenvalue weighted by molar-refractivity contribution is -0.140. The molecule has 3 rings (SSSR count). The molecule has 29 heavy (non-hydrogen) atoms. The van der Waals surface area contributed by atoms with Gasteiger partial charge in [-0.05, 0) is 56.1 Å². The highest BCUT2D eigenvalue weighted by atomic mass is 35.5. The molecular weight excluding hydrogens is 392 g/mol. The number of nitrogens with zero attached hydrogens (tertiary/aromatic N) is 2. The predicted molar refractivity (Wildman–Crippen MR) is 110 cm³/mol. The van der Waals surface area contributed by atoms with Crippen molar-refractivity contribution in [1.29, 1.82) is 0 Å². The van der Waals surface area contributed by atoms with Gasteiger partial charge >= 0.3 is 0 Å². The Morgan fingerprint density at radius 3 is 2.24 bits per heavy atom. The van der Waals surface area contributed by atoms with E-state index in [0.29, 0.717) is 29.4 Å². The molecule has 1 amide bonds. The Morgan fingerprint density at radius 2 is 1.69 bits per heavy atom. The summed E-state index contributed by atoms with van der Waals surface area (Å²) in [5.41, 5.74) is 1.07. The van der Waals surface area contributed by atoms with Crippen molar-refractivity contribution in [1.82, 2.24) is 9.80 Å². The molecule has 0 aromatic heterocycles. The minimum absolute atomic E-state index is 0.346. The van der Waals surface area contributed by atoms with E-state index in [1.54, 1.807) is 55.6 Å². The Morgan fingerprint density at radius 1 is 1.07 bits per heavy atom. The van der Waals surface area contributed by atoms with Gasteiger partial charge in [0, 0.05) is 23.7 Å². The third kappa shape index (κ3) is 4.33. The topological polar surface area (TPSA) is 66.9 Å². The largest absolute Gasteiger partial charge is 0.497 e. The van der Waals surface area contributed by atoms with E-state index < -0.39 is 23.7 Å². The van der Waals surface area contributed by atoms with Crippen LogP contribution in [-0.2, 0) is 9.59 Å². The Kier molecular flexibility index (Phi) is 6.35. The highest BCUT2D eigenvalue weighted by Crippen LogP contribution is 2.38. The fourth-order valence-corrected chi connectivity index (χ4v) is 3.63. The van der Waals surface area contributed by atoms with Crippen LogP contribution in [0.4, 0.5) is 0 Å². The number of benzene rings is 2. The summed E-state index contributed by atoms with van der Waals surface area (Å²) < 4.78 is 5.20. The summed E-state index contributed by atoms with van der Waals surface area (Å²) >= 11 is 5.92. The molecule has 1 fully saturated rings. The van der Waals surface area contributed by atoms with Crippen LogP contribution >= 0.6 is 11.6 Å². The third-order valence-corrected chi connectivity index (χ3v) is 5.31. The van der Waals surface area contributed by atoms with Crippen molar-refractivity contribution in [2.75, 3.05) is 34.3 Å². The summed E-state index contributed by atoms with van der Waals surface area (Å²) in [6, 6.07) is 12.8. The van der Waals surface area contributed by atoms with Gasteiger partial charge in [0.15, 0.2) is 5.78 Å². The maximum atomic E-state index is 13.2. The molecular formula is C22H23ClN2O4. The van der Waals surface area contributed by atoms with Crippen LogP contribution in [0.5, 0.6) is 5.75 Å². The number of ether oxygens (including phenoxy) is 1. The van der Waals surface area contributed by atoms with Gasteiger partial charge in [0.25, 0.3) is 5.91 Å². The lowest BCUT2D eigenvalue weighted by atomic mass is 9.86. The number of carbonyl (C=O) groups excluding carboxylic acids is 3. The van der Waals surface area contributed by atoms with Crippen molar-refractivity contribution >= 4 is 29.1 Å². The number of halogens is 1. The number of ketones is 2. The lowest BCUT2D eigenvalue weighted by Crippen LogP contribution is -2.36. The molecule has 2 atom stereocenters. The molecule has 0 spiro atoms. The van der Waals surface area contributed by atoms with Crippen LogP contribution in [0.25, 0.3) is 0 Å². The van der Waals surface area contributed by atoms with Gasteiger partial charge in [0.2, 0.25) is 5.78 Å². The van der Waals surface area contributed by atoms with Gasteiger partial charge in [-0.15, -0.1) is 0 Å². The van der Waals surface area contributed by atoms with E-state index in [-0.39, 0.29) is 5.78 Å². The molecule has 2 unspecified atom stereocenters. The summed E-state index contributed by atoms with van der Waals surface area (Å²) in [4.78, 5) is 42.3. The SMILES string of the molecule is COc1ccc(C2C(C(=O)c3ccc(Cl)cc3)C(=O)C(=O)N2CCN(C)C)cc1. The molecule has 0 aliphatic carbocycles. The number of carbonyl (C=O) groups is 3. The Bertz CT molecular complexity index is 909. The average Bonchev–Trinajstić information content (AvgIpc) is 2.97. The van der Waals surface area contributed by atoms with Gasteiger partial charge in [-0.1, -0.05) is 23.7 Å². The van der Waals surface area contributed by atoms with Gasteiger partial charge in [-0.3, -0.25) is 14.4 Å². The normalized spacial score (nSPS) is 19.1. The van der Waals surface area contributed by atoms with Crippen LogP contribution in [0, 0.1) is 5.92 Å². The molecule has 6 nitrogen and oxygen atoms in total. The first-order valence-electron chi connectivity index (χ1n) is 9.26. The van der Waals surface area contributed by atoms with E-state index in [9.17, 15) is 14.4 Å². The number of hydrogen-bond donors (Lipinski definition) is 0. The smallest absolute Gasteiger partial charge is 0.291 e. The Labute approximate surface area is 175 Å². The van der Waals surface area contributed by atoms with Gasteiger partial charge < -0.3 is 14.5 Å². The molecule has 1 aliphatic rings. The van der Waals surface area contributed by atoms with E-state index in [4.69, 9.17) is 16.3 Å². The van der Waals surface area contributed by atoms with Gasteiger partial charge in [-0.2, -0.15) is 0 Å². The zero-order chi connectivity index (χ0) is 21.1. The standard InChI is InChI=1S/C22H23ClN2O4/c1-24(2)12-13-25-19(14-6-10-17(29-3)11-7-14)18(21(27)22(25)28)20(26)15-4-8-16(23)9-5-15/h4-11,18-19H,12-13H2,1-3H3. The monoisotopic (exact) mass is 414 g/mol. The van der Waals surface area contributed by atoms with Crippen LogP contribution in [0.3, 0.4) is 0 Å². The quantitative estimate of drug-likeness (QED) is 0.396.